The molecular weight excluding hydrogens is 324 g/mol. The molecule has 1 aliphatic rings. The maximum absolute atomic E-state index is 12.6. The number of amides is 1. The maximum atomic E-state index is 12.6. The van der Waals surface area contributed by atoms with E-state index in [0.29, 0.717) is 24.2 Å². The molecule has 0 spiro atoms. The highest BCUT2D eigenvalue weighted by atomic mass is 32.2. The van der Waals surface area contributed by atoms with Gasteiger partial charge in [0.15, 0.2) is 0 Å². The molecule has 1 amide bonds. The van der Waals surface area contributed by atoms with Gasteiger partial charge >= 0.3 is 0 Å². The largest absolute Gasteiger partial charge is 0.312 e. The third-order valence-electron chi connectivity index (χ3n) is 4.12. The molecule has 0 atom stereocenters. The van der Waals surface area contributed by atoms with Gasteiger partial charge in [-0.3, -0.25) is 9.52 Å². The summed E-state index contributed by atoms with van der Waals surface area (Å²) in [5.41, 5.74) is 1.87. The zero-order valence-electron chi connectivity index (χ0n) is 13.5. The first-order valence-electron chi connectivity index (χ1n) is 7.96. The lowest BCUT2D eigenvalue weighted by atomic mass is 10.1. The summed E-state index contributed by atoms with van der Waals surface area (Å²) in [6, 6.07) is 13.8. The molecule has 0 bridgehead atoms. The minimum atomic E-state index is -3.66. The first-order chi connectivity index (χ1) is 11.5. The summed E-state index contributed by atoms with van der Waals surface area (Å²) in [5, 5.41) is 0. The quantitative estimate of drug-likeness (QED) is 0.925. The second kappa shape index (κ2) is 6.65. The van der Waals surface area contributed by atoms with Crippen LogP contribution in [0.2, 0.25) is 0 Å². The highest BCUT2D eigenvalue weighted by molar-refractivity contribution is 7.92. The molecule has 5 nitrogen and oxygen atoms in total. The topological polar surface area (TPSA) is 66.5 Å². The van der Waals surface area contributed by atoms with E-state index in [2.05, 4.69) is 4.72 Å². The number of hydrogen-bond donors (Lipinski definition) is 1. The molecule has 0 unspecified atom stereocenters. The summed E-state index contributed by atoms with van der Waals surface area (Å²) in [5.74, 6) is 0.0835. The summed E-state index contributed by atoms with van der Waals surface area (Å²) in [6.07, 6.45) is 2.42. The summed E-state index contributed by atoms with van der Waals surface area (Å²) in [4.78, 5) is 14.0. The van der Waals surface area contributed by atoms with Gasteiger partial charge in [-0.15, -0.1) is 0 Å². The van der Waals surface area contributed by atoms with Crippen LogP contribution in [0.3, 0.4) is 0 Å². The van der Waals surface area contributed by atoms with Gasteiger partial charge in [0.25, 0.3) is 10.0 Å². The Morgan fingerprint density at radius 2 is 1.83 bits per heavy atom. The molecule has 6 heteroatoms. The molecule has 0 radical (unpaired) electrons. The minimum Gasteiger partial charge on any atom is -0.312 e. The van der Waals surface area contributed by atoms with E-state index in [4.69, 9.17) is 0 Å². The van der Waals surface area contributed by atoms with Crippen LogP contribution < -0.4 is 9.62 Å². The lowest BCUT2D eigenvalue weighted by molar-refractivity contribution is -0.119. The van der Waals surface area contributed by atoms with E-state index >= 15 is 0 Å². The van der Waals surface area contributed by atoms with Crippen LogP contribution in [0.5, 0.6) is 0 Å². The Labute approximate surface area is 142 Å². The van der Waals surface area contributed by atoms with Crippen LogP contribution in [0.1, 0.15) is 24.8 Å². The minimum absolute atomic E-state index is 0.0835. The maximum Gasteiger partial charge on any atom is 0.262 e. The van der Waals surface area contributed by atoms with Gasteiger partial charge in [-0.05, 0) is 49.6 Å². The van der Waals surface area contributed by atoms with E-state index in [1.54, 1.807) is 54.3 Å². The van der Waals surface area contributed by atoms with Crippen LogP contribution in [-0.2, 0) is 14.8 Å². The number of rotatable bonds is 4. The van der Waals surface area contributed by atoms with E-state index in [-0.39, 0.29) is 10.8 Å². The molecule has 0 saturated carbocycles. The zero-order chi connectivity index (χ0) is 17.2. The standard InChI is InChI=1S/C18H20N2O3S/c1-14-7-2-3-10-17(14)24(22,23)19-15-8-6-9-16(13-15)20-12-5-4-11-18(20)21/h2-3,6-10,13,19H,4-5,11-12H2,1H3. The van der Waals surface area contributed by atoms with Gasteiger partial charge in [-0.2, -0.15) is 0 Å². The van der Waals surface area contributed by atoms with Crippen LogP contribution in [0.15, 0.2) is 53.4 Å². The number of anilines is 2. The Kier molecular flexibility index (Phi) is 4.57. The van der Waals surface area contributed by atoms with Gasteiger partial charge in [-0.1, -0.05) is 24.3 Å². The first kappa shape index (κ1) is 16.5. The predicted molar refractivity (Wildman–Crippen MR) is 94.6 cm³/mol. The van der Waals surface area contributed by atoms with Crippen molar-refractivity contribution in [2.45, 2.75) is 31.1 Å². The lowest BCUT2D eigenvalue weighted by Crippen LogP contribution is -2.35. The number of carbonyl (C=O) groups excluding carboxylic acids is 1. The number of carbonyl (C=O) groups is 1. The van der Waals surface area contributed by atoms with Crippen LogP contribution in [-0.4, -0.2) is 20.9 Å². The number of piperidine rings is 1. The second-order valence-corrected chi connectivity index (χ2v) is 7.57. The van der Waals surface area contributed by atoms with Crippen molar-refractivity contribution in [1.82, 2.24) is 0 Å². The normalized spacial score (nSPS) is 15.4. The van der Waals surface area contributed by atoms with E-state index in [0.717, 1.165) is 18.5 Å². The van der Waals surface area contributed by atoms with Gasteiger partial charge < -0.3 is 4.90 Å². The Hall–Kier alpha value is -2.34. The van der Waals surface area contributed by atoms with Crippen LogP contribution in [0.4, 0.5) is 11.4 Å². The molecule has 24 heavy (non-hydrogen) atoms. The van der Waals surface area contributed by atoms with Crippen molar-refractivity contribution < 1.29 is 13.2 Å². The Bertz CT molecular complexity index is 862. The van der Waals surface area contributed by atoms with Crippen molar-refractivity contribution in [2.24, 2.45) is 0 Å². The number of nitrogens with one attached hydrogen (secondary N) is 1. The molecule has 3 rings (SSSR count). The fraction of sp³-hybridized carbons (Fsp3) is 0.278. The number of nitrogens with zero attached hydrogens (tertiary/aromatic N) is 1. The lowest BCUT2D eigenvalue weighted by Gasteiger charge is -2.27. The summed E-state index contributed by atoms with van der Waals surface area (Å²) < 4.78 is 27.8. The monoisotopic (exact) mass is 344 g/mol. The molecule has 2 aromatic rings. The second-order valence-electron chi connectivity index (χ2n) is 5.92. The van der Waals surface area contributed by atoms with Gasteiger partial charge in [0, 0.05) is 18.7 Å². The van der Waals surface area contributed by atoms with E-state index in [1.807, 2.05) is 6.07 Å². The fourth-order valence-electron chi connectivity index (χ4n) is 2.88. The number of benzene rings is 2. The first-order valence-corrected chi connectivity index (χ1v) is 9.44. The van der Waals surface area contributed by atoms with Gasteiger partial charge in [0.2, 0.25) is 5.91 Å². The van der Waals surface area contributed by atoms with Crippen LogP contribution in [0, 0.1) is 6.92 Å². The van der Waals surface area contributed by atoms with E-state index in [9.17, 15) is 13.2 Å². The molecule has 1 N–H and O–H groups in total. The Balaban J connectivity index is 1.87. The molecular formula is C18H20N2O3S. The van der Waals surface area contributed by atoms with Crippen molar-refractivity contribution in [3.63, 3.8) is 0 Å². The van der Waals surface area contributed by atoms with E-state index in [1.165, 1.54) is 0 Å². The molecule has 126 valence electrons. The predicted octanol–water partition coefficient (Wildman–Crippen LogP) is 3.31. The van der Waals surface area contributed by atoms with Gasteiger partial charge in [0.1, 0.15) is 0 Å². The smallest absolute Gasteiger partial charge is 0.262 e. The Morgan fingerprint density at radius 3 is 2.58 bits per heavy atom. The number of hydrogen-bond acceptors (Lipinski definition) is 3. The third kappa shape index (κ3) is 3.43. The average Bonchev–Trinajstić information content (AvgIpc) is 2.55. The van der Waals surface area contributed by atoms with Crippen molar-refractivity contribution in [1.29, 1.82) is 0 Å². The third-order valence-corrected chi connectivity index (χ3v) is 5.66. The summed E-state index contributed by atoms with van der Waals surface area (Å²) >= 11 is 0. The van der Waals surface area contributed by atoms with E-state index < -0.39 is 10.0 Å². The molecule has 1 heterocycles. The number of sulfonamides is 1. The molecule has 0 aromatic heterocycles. The van der Waals surface area contributed by atoms with Crippen molar-refractivity contribution >= 4 is 27.3 Å². The van der Waals surface area contributed by atoms with Gasteiger partial charge in [-0.25, -0.2) is 8.42 Å². The molecule has 0 aliphatic carbocycles. The molecule has 1 fully saturated rings. The zero-order valence-corrected chi connectivity index (χ0v) is 14.3. The highest BCUT2D eigenvalue weighted by Crippen LogP contribution is 2.26. The number of aryl methyl sites for hydroxylation is 1. The van der Waals surface area contributed by atoms with Crippen LogP contribution >= 0.6 is 0 Å². The SMILES string of the molecule is Cc1ccccc1S(=O)(=O)Nc1cccc(N2CCCCC2=O)c1. The molecule has 1 aliphatic heterocycles. The highest BCUT2D eigenvalue weighted by Gasteiger charge is 2.21. The fourth-order valence-corrected chi connectivity index (χ4v) is 4.18. The Morgan fingerprint density at radius 1 is 1.04 bits per heavy atom. The van der Waals surface area contributed by atoms with Crippen molar-refractivity contribution in [2.75, 3.05) is 16.2 Å². The van der Waals surface area contributed by atoms with Crippen LogP contribution in [0.25, 0.3) is 0 Å². The summed E-state index contributed by atoms with van der Waals surface area (Å²) in [7, 11) is -3.66. The summed E-state index contributed by atoms with van der Waals surface area (Å²) in [6.45, 7) is 2.43. The molecule has 1 saturated heterocycles. The molecule has 2 aromatic carbocycles. The van der Waals surface area contributed by atoms with Crippen molar-refractivity contribution in [3.05, 3.63) is 54.1 Å². The van der Waals surface area contributed by atoms with Gasteiger partial charge in [0.05, 0.1) is 10.6 Å². The average molecular weight is 344 g/mol. The van der Waals surface area contributed by atoms with Crippen molar-refractivity contribution in [3.8, 4) is 0 Å².